The fourth-order valence-corrected chi connectivity index (χ4v) is 4.20. The molecule has 2 aromatic rings. The molecule has 0 saturated carbocycles. The number of nitrogens with zero attached hydrogens (tertiary/aromatic N) is 1. The molecular formula is C24H31BrN2O4. The molecule has 1 amide bonds. The van der Waals surface area contributed by atoms with Crippen molar-refractivity contribution in [2.45, 2.75) is 18.8 Å². The zero-order valence-corrected chi connectivity index (χ0v) is 19.3. The van der Waals surface area contributed by atoms with Crippen molar-refractivity contribution >= 4 is 28.9 Å². The van der Waals surface area contributed by atoms with Gasteiger partial charge in [0.05, 0.1) is 0 Å². The third-order valence-corrected chi connectivity index (χ3v) is 5.63. The predicted octanol–water partition coefficient (Wildman–Crippen LogP) is 3.33. The minimum atomic E-state index is -1.07. The van der Waals surface area contributed by atoms with Crippen LogP contribution in [0.15, 0.2) is 60.7 Å². The molecule has 168 valence electrons. The molecule has 2 N–H and O–H groups in total. The minimum absolute atomic E-state index is 0. The van der Waals surface area contributed by atoms with E-state index >= 15 is 0 Å². The van der Waals surface area contributed by atoms with Crippen molar-refractivity contribution in [3.63, 3.8) is 0 Å². The Morgan fingerprint density at radius 3 is 2.03 bits per heavy atom. The summed E-state index contributed by atoms with van der Waals surface area (Å²) in [5.41, 5.74) is 2.74. The van der Waals surface area contributed by atoms with E-state index in [1.54, 1.807) is 0 Å². The number of piperidine rings is 1. The number of carboxylic acids is 1. The van der Waals surface area contributed by atoms with Gasteiger partial charge >= 0.3 is 5.97 Å². The van der Waals surface area contributed by atoms with Crippen LogP contribution in [-0.4, -0.2) is 61.3 Å². The summed E-state index contributed by atoms with van der Waals surface area (Å²) < 4.78 is 4.80. The normalized spacial score (nSPS) is 14.7. The average Bonchev–Trinajstić information content (AvgIpc) is 2.76. The van der Waals surface area contributed by atoms with Crippen molar-refractivity contribution in [1.29, 1.82) is 0 Å². The summed E-state index contributed by atoms with van der Waals surface area (Å²) in [6.07, 6.45) is 2.23. The summed E-state index contributed by atoms with van der Waals surface area (Å²) in [7, 11) is 0. The molecule has 1 aliphatic rings. The standard InChI is InChI=1S/C24H30N2O4.BrH/c27-22(17-30-18-23(28)29)25-13-16-26-14-11-21(12-15-26)24(19-7-3-1-4-8-19)20-9-5-2-6-10-20;/h1-10,21,24H,11-18H2,(H,25,27)(H,28,29);1H. The molecule has 0 spiro atoms. The Kier molecular flexibility index (Phi) is 10.7. The Morgan fingerprint density at radius 1 is 0.968 bits per heavy atom. The first-order chi connectivity index (χ1) is 14.6. The maximum Gasteiger partial charge on any atom is 0.329 e. The van der Waals surface area contributed by atoms with Crippen molar-refractivity contribution in [3.05, 3.63) is 71.8 Å². The summed E-state index contributed by atoms with van der Waals surface area (Å²) in [6, 6.07) is 21.5. The lowest BCUT2D eigenvalue weighted by molar-refractivity contribution is -0.143. The van der Waals surface area contributed by atoms with Crippen LogP contribution >= 0.6 is 17.0 Å². The van der Waals surface area contributed by atoms with E-state index in [2.05, 4.69) is 70.9 Å². The zero-order valence-electron chi connectivity index (χ0n) is 17.6. The number of ether oxygens (including phenoxy) is 1. The maximum absolute atomic E-state index is 11.7. The second-order valence-electron chi connectivity index (χ2n) is 7.71. The van der Waals surface area contributed by atoms with Gasteiger partial charge in [-0.15, -0.1) is 17.0 Å². The molecule has 1 aliphatic heterocycles. The van der Waals surface area contributed by atoms with Crippen LogP contribution in [0.2, 0.25) is 0 Å². The molecular weight excluding hydrogens is 460 g/mol. The monoisotopic (exact) mass is 490 g/mol. The third-order valence-electron chi connectivity index (χ3n) is 5.63. The molecule has 7 heteroatoms. The highest BCUT2D eigenvalue weighted by Crippen LogP contribution is 2.37. The van der Waals surface area contributed by atoms with E-state index in [1.165, 1.54) is 11.1 Å². The van der Waals surface area contributed by atoms with Gasteiger partial charge < -0.3 is 20.1 Å². The van der Waals surface area contributed by atoms with E-state index in [9.17, 15) is 9.59 Å². The van der Waals surface area contributed by atoms with Crippen LogP contribution in [0.3, 0.4) is 0 Å². The minimum Gasteiger partial charge on any atom is -0.480 e. The van der Waals surface area contributed by atoms with Gasteiger partial charge in [0.15, 0.2) is 0 Å². The Labute approximate surface area is 194 Å². The molecule has 0 aromatic heterocycles. The number of carbonyl (C=O) groups is 2. The highest BCUT2D eigenvalue weighted by atomic mass is 79.9. The lowest BCUT2D eigenvalue weighted by Crippen LogP contribution is -2.41. The van der Waals surface area contributed by atoms with E-state index in [4.69, 9.17) is 9.84 Å². The van der Waals surface area contributed by atoms with Crippen molar-refractivity contribution in [1.82, 2.24) is 10.2 Å². The van der Waals surface area contributed by atoms with Crippen molar-refractivity contribution < 1.29 is 19.4 Å². The zero-order chi connectivity index (χ0) is 21.2. The van der Waals surface area contributed by atoms with Crippen molar-refractivity contribution in [2.75, 3.05) is 39.4 Å². The van der Waals surface area contributed by atoms with Gasteiger partial charge in [0.1, 0.15) is 13.2 Å². The number of nitrogens with one attached hydrogen (secondary N) is 1. The third kappa shape index (κ3) is 8.09. The first-order valence-corrected chi connectivity index (χ1v) is 10.5. The van der Waals surface area contributed by atoms with Crippen LogP contribution in [0.1, 0.15) is 29.9 Å². The first-order valence-electron chi connectivity index (χ1n) is 10.5. The summed E-state index contributed by atoms with van der Waals surface area (Å²) >= 11 is 0. The smallest absolute Gasteiger partial charge is 0.329 e. The number of likely N-dealkylation sites (tertiary alicyclic amines) is 1. The molecule has 1 heterocycles. The van der Waals surface area contributed by atoms with Gasteiger partial charge in [-0.05, 0) is 43.0 Å². The van der Waals surface area contributed by atoms with Gasteiger partial charge in [-0.2, -0.15) is 0 Å². The number of amides is 1. The number of halogens is 1. The second kappa shape index (κ2) is 13.2. The van der Waals surface area contributed by atoms with E-state index in [1.807, 2.05) is 0 Å². The molecule has 2 aromatic carbocycles. The molecule has 0 unspecified atom stereocenters. The van der Waals surface area contributed by atoms with Gasteiger partial charge in [0, 0.05) is 19.0 Å². The van der Waals surface area contributed by atoms with Crippen molar-refractivity contribution in [3.8, 4) is 0 Å². The average molecular weight is 491 g/mol. The molecule has 31 heavy (non-hydrogen) atoms. The molecule has 1 fully saturated rings. The summed E-state index contributed by atoms with van der Waals surface area (Å²) in [5, 5.41) is 11.3. The summed E-state index contributed by atoms with van der Waals surface area (Å²) in [4.78, 5) is 24.4. The molecule has 0 aliphatic carbocycles. The lowest BCUT2D eigenvalue weighted by atomic mass is 9.76. The van der Waals surface area contributed by atoms with Crippen molar-refractivity contribution in [2.24, 2.45) is 5.92 Å². The van der Waals surface area contributed by atoms with E-state index in [0.29, 0.717) is 18.4 Å². The van der Waals surface area contributed by atoms with Crippen LogP contribution < -0.4 is 5.32 Å². The van der Waals surface area contributed by atoms with Gasteiger partial charge in [0.25, 0.3) is 0 Å². The van der Waals surface area contributed by atoms with Gasteiger partial charge in [-0.25, -0.2) is 4.79 Å². The number of carboxylic acid groups (broad SMARTS) is 1. The van der Waals surface area contributed by atoms with Crippen LogP contribution in [0.5, 0.6) is 0 Å². The number of hydrogen-bond donors (Lipinski definition) is 2. The summed E-state index contributed by atoms with van der Waals surface area (Å²) in [6.45, 7) is 2.67. The lowest BCUT2D eigenvalue weighted by Gasteiger charge is -2.36. The summed E-state index contributed by atoms with van der Waals surface area (Å²) in [5.74, 6) is -0.361. The van der Waals surface area contributed by atoms with Gasteiger partial charge in [-0.1, -0.05) is 60.7 Å². The van der Waals surface area contributed by atoms with Gasteiger partial charge in [0.2, 0.25) is 5.91 Å². The Balaban J connectivity index is 0.00000341. The van der Waals surface area contributed by atoms with Crippen LogP contribution in [-0.2, 0) is 14.3 Å². The SMILES string of the molecule is Br.O=C(O)COCC(=O)NCCN1CCC(C(c2ccccc2)c2ccccc2)CC1. The molecule has 0 atom stereocenters. The van der Waals surface area contributed by atoms with Crippen LogP contribution in [0, 0.1) is 5.92 Å². The Bertz CT molecular complexity index is 756. The number of carbonyl (C=O) groups excluding carboxylic acids is 1. The predicted molar refractivity (Wildman–Crippen MR) is 126 cm³/mol. The van der Waals surface area contributed by atoms with Gasteiger partial charge in [-0.3, -0.25) is 4.79 Å². The molecule has 0 radical (unpaired) electrons. The maximum atomic E-state index is 11.7. The van der Waals surface area contributed by atoms with Crippen LogP contribution in [0.4, 0.5) is 0 Å². The Hall–Kier alpha value is -2.22. The quantitative estimate of drug-likeness (QED) is 0.533. The van der Waals surface area contributed by atoms with E-state index in [0.717, 1.165) is 32.5 Å². The first kappa shape index (κ1) is 25.0. The number of aliphatic carboxylic acids is 1. The van der Waals surface area contributed by atoms with Crippen LogP contribution in [0.25, 0.3) is 0 Å². The number of hydrogen-bond acceptors (Lipinski definition) is 4. The number of rotatable bonds is 10. The topological polar surface area (TPSA) is 78.9 Å². The highest BCUT2D eigenvalue weighted by molar-refractivity contribution is 8.93. The molecule has 3 rings (SSSR count). The fourth-order valence-electron chi connectivity index (χ4n) is 4.20. The molecule has 6 nitrogen and oxygen atoms in total. The molecule has 1 saturated heterocycles. The highest BCUT2D eigenvalue weighted by Gasteiger charge is 2.28. The number of benzene rings is 2. The Morgan fingerprint density at radius 2 is 1.52 bits per heavy atom. The fraction of sp³-hybridized carbons (Fsp3) is 0.417. The van der Waals surface area contributed by atoms with E-state index < -0.39 is 12.6 Å². The largest absolute Gasteiger partial charge is 0.480 e. The second-order valence-corrected chi connectivity index (χ2v) is 7.71. The molecule has 0 bridgehead atoms. The van der Waals surface area contributed by atoms with E-state index in [-0.39, 0.29) is 29.5 Å².